The zero-order chi connectivity index (χ0) is 18.5. The van der Waals surface area contributed by atoms with Crippen LogP contribution in [0, 0.1) is 0 Å². The van der Waals surface area contributed by atoms with Crippen LogP contribution in [0.4, 0.5) is 0 Å². The third kappa shape index (κ3) is 4.63. The van der Waals surface area contributed by atoms with Crippen molar-refractivity contribution in [1.82, 2.24) is 15.5 Å². The van der Waals surface area contributed by atoms with Crippen LogP contribution in [0.5, 0.6) is 0 Å². The number of rotatable bonds is 5. The van der Waals surface area contributed by atoms with E-state index in [0.29, 0.717) is 18.1 Å². The molecule has 1 aromatic heterocycles. The van der Waals surface area contributed by atoms with Gasteiger partial charge in [-0.2, -0.15) is 0 Å². The van der Waals surface area contributed by atoms with Gasteiger partial charge in [-0.05, 0) is 29.1 Å². The van der Waals surface area contributed by atoms with Gasteiger partial charge in [-0.3, -0.25) is 9.59 Å². The molecular formula is C19H22ClN3O2S. The van der Waals surface area contributed by atoms with Crippen LogP contribution in [0.25, 0.3) is 0 Å². The minimum Gasteiger partial charge on any atom is -0.348 e. The van der Waals surface area contributed by atoms with Crippen molar-refractivity contribution in [2.45, 2.75) is 25.4 Å². The molecule has 1 aromatic carbocycles. The first-order valence-corrected chi connectivity index (χ1v) is 9.86. The number of carbonyl (C=O) groups excluding carboxylic acids is 2. The molecule has 0 radical (unpaired) electrons. The molecule has 1 aliphatic rings. The number of nitrogens with one attached hydrogen (secondary N) is 2. The molecule has 0 aliphatic carbocycles. The average Bonchev–Trinajstić information content (AvgIpc) is 3.15. The van der Waals surface area contributed by atoms with E-state index < -0.39 is 0 Å². The Kier molecular flexibility index (Phi) is 6.29. The lowest BCUT2D eigenvalue weighted by molar-refractivity contribution is -0.135. The lowest BCUT2D eigenvalue weighted by Gasteiger charge is -2.37. The van der Waals surface area contributed by atoms with E-state index in [-0.39, 0.29) is 30.3 Å². The molecule has 3 rings (SSSR count). The van der Waals surface area contributed by atoms with Gasteiger partial charge in [0.1, 0.15) is 0 Å². The predicted molar refractivity (Wildman–Crippen MR) is 104 cm³/mol. The van der Waals surface area contributed by atoms with Gasteiger partial charge < -0.3 is 15.5 Å². The smallest absolute Gasteiger partial charge is 0.225 e. The summed E-state index contributed by atoms with van der Waals surface area (Å²) in [7, 11) is 0. The molecule has 0 spiro atoms. The minimum atomic E-state index is -0.296. The molecule has 2 heterocycles. The summed E-state index contributed by atoms with van der Waals surface area (Å²) in [6.07, 6.45) is 0.247. The molecule has 1 aliphatic heterocycles. The zero-order valence-corrected chi connectivity index (χ0v) is 16.1. The maximum Gasteiger partial charge on any atom is 0.225 e. The number of nitrogens with zero attached hydrogens (tertiary/aromatic N) is 1. The van der Waals surface area contributed by atoms with Crippen LogP contribution in [-0.2, 0) is 9.59 Å². The zero-order valence-electron chi connectivity index (χ0n) is 14.6. The number of amides is 2. The maximum absolute atomic E-state index is 13.1. The topological polar surface area (TPSA) is 61.4 Å². The maximum atomic E-state index is 13.1. The van der Waals surface area contributed by atoms with Gasteiger partial charge in [0, 0.05) is 36.5 Å². The number of hydrogen-bond acceptors (Lipinski definition) is 4. The first-order valence-electron chi connectivity index (χ1n) is 8.60. The summed E-state index contributed by atoms with van der Waals surface area (Å²) in [5.74, 6) is -0.105. The Balaban J connectivity index is 1.78. The second kappa shape index (κ2) is 8.66. The third-order valence-corrected chi connectivity index (χ3v) is 5.66. The largest absolute Gasteiger partial charge is 0.348 e. The van der Waals surface area contributed by atoms with Crippen LogP contribution in [0.15, 0.2) is 41.8 Å². The average molecular weight is 392 g/mol. The van der Waals surface area contributed by atoms with Crippen molar-refractivity contribution in [3.8, 4) is 0 Å². The molecule has 2 atom stereocenters. The van der Waals surface area contributed by atoms with Gasteiger partial charge in [0.05, 0.1) is 18.5 Å². The van der Waals surface area contributed by atoms with Crippen LogP contribution < -0.4 is 10.6 Å². The highest BCUT2D eigenvalue weighted by Gasteiger charge is 2.30. The highest BCUT2D eigenvalue weighted by Crippen LogP contribution is 2.28. The van der Waals surface area contributed by atoms with Gasteiger partial charge in [-0.25, -0.2) is 0 Å². The minimum absolute atomic E-state index is 0.0311. The molecule has 2 unspecified atom stereocenters. The predicted octanol–water partition coefficient (Wildman–Crippen LogP) is 3.14. The Morgan fingerprint density at radius 1 is 1.38 bits per heavy atom. The molecule has 1 fully saturated rings. The standard InChI is InChI=1S/C19H22ClN3O2S/c1-13(24)22-16(18-6-3-9-26-18)11-19(25)23-8-7-21-12-17(23)14-4-2-5-15(20)10-14/h2-6,9-10,16-17,21H,7-8,11-12H2,1H3,(H,22,24). The Hall–Kier alpha value is -1.89. The van der Waals surface area contributed by atoms with Gasteiger partial charge in [0.25, 0.3) is 0 Å². The van der Waals surface area contributed by atoms with Crippen molar-refractivity contribution in [3.63, 3.8) is 0 Å². The summed E-state index contributed by atoms with van der Waals surface area (Å²) < 4.78 is 0. The molecule has 7 heteroatoms. The van der Waals surface area contributed by atoms with Gasteiger partial charge >= 0.3 is 0 Å². The van der Waals surface area contributed by atoms with E-state index in [0.717, 1.165) is 17.0 Å². The number of halogens is 1. The van der Waals surface area contributed by atoms with Gasteiger partial charge in [0.2, 0.25) is 11.8 Å². The fourth-order valence-electron chi connectivity index (χ4n) is 3.26. The third-order valence-electron chi connectivity index (χ3n) is 4.44. The summed E-state index contributed by atoms with van der Waals surface area (Å²) in [4.78, 5) is 27.5. The van der Waals surface area contributed by atoms with E-state index in [9.17, 15) is 9.59 Å². The van der Waals surface area contributed by atoms with E-state index in [1.54, 1.807) is 11.3 Å². The fourth-order valence-corrected chi connectivity index (χ4v) is 4.24. The van der Waals surface area contributed by atoms with Crippen molar-refractivity contribution in [2.24, 2.45) is 0 Å². The number of thiophene rings is 1. The first kappa shape index (κ1) is 18.9. The molecule has 0 saturated carbocycles. The van der Waals surface area contributed by atoms with E-state index >= 15 is 0 Å². The fraction of sp³-hybridized carbons (Fsp3) is 0.368. The summed E-state index contributed by atoms with van der Waals surface area (Å²) in [5, 5.41) is 8.86. The Morgan fingerprint density at radius 3 is 2.92 bits per heavy atom. The van der Waals surface area contributed by atoms with Crippen molar-refractivity contribution < 1.29 is 9.59 Å². The van der Waals surface area contributed by atoms with E-state index in [2.05, 4.69) is 10.6 Å². The highest BCUT2D eigenvalue weighted by molar-refractivity contribution is 7.10. The van der Waals surface area contributed by atoms with Crippen LogP contribution in [0.1, 0.15) is 35.9 Å². The molecular weight excluding hydrogens is 370 g/mol. The Morgan fingerprint density at radius 2 is 2.23 bits per heavy atom. The van der Waals surface area contributed by atoms with Gasteiger partial charge in [-0.1, -0.05) is 29.8 Å². The second-order valence-electron chi connectivity index (χ2n) is 6.33. The van der Waals surface area contributed by atoms with Crippen molar-refractivity contribution >= 4 is 34.8 Å². The molecule has 5 nitrogen and oxygen atoms in total. The normalized spacial score (nSPS) is 18.4. The molecule has 26 heavy (non-hydrogen) atoms. The lowest BCUT2D eigenvalue weighted by Crippen LogP contribution is -2.49. The second-order valence-corrected chi connectivity index (χ2v) is 7.75. The molecule has 0 bridgehead atoms. The SMILES string of the molecule is CC(=O)NC(CC(=O)N1CCNCC1c1cccc(Cl)c1)c1cccs1. The molecule has 2 amide bonds. The van der Waals surface area contributed by atoms with Crippen LogP contribution in [0.3, 0.4) is 0 Å². The summed E-state index contributed by atoms with van der Waals surface area (Å²) in [6, 6.07) is 11.2. The summed E-state index contributed by atoms with van der Waals surface area (Å²) in [6.45, 7) is 3.56. The Bertz CT molecular complexity index is 766. The van der Waals surface area contributed by atoms with E-state index in [1.807, 2.05) is 46.7 Å². The van der Waals surface area contributed by atoms with Crippen molar-refractivity contribution in [2.75, 3.05) is 19.6 Å². The number of piperazine rings is 1. The number of carbonyl (C=O) groups is 2. The first-order chi connectivity index (χ1) is 12.5. The Labute approximate surface area is 162 Å². The summed E-state index contributed by atoms with van der Waals surface area (Å²) in [5.41, 5.74) is 1.02. The van der Waals surface area contributed by atoms with Crippen molar-refractivity contribution in [1.29, 1.82) is 0 Å². The molecule has 2 N–H and O–H groups in total. The van der Waals surface area contributed by atoms with Crippen molar-refractivity contribution in [3.05, 3.63) is 57.2 Å². The summed E-state index contributed by atoms with van der Waals surface area (Å²) >= 11 is 7.68. The van der Waals surface area contributed by atoms with E-state index in [4.69, 9.17) is 11.6 Å². The highest BCUT2D eigenvalue weighted by atomic mass is 35.5. The lowest BCUT2D eigenvalue weighted by atomic mass is 10.0. The van der Waals surface area contributed by atoms with Crippen LogP contribution >= 0.6 is 22.9 Å². The molecule has 1 saturated heterocycles. The molecule has 138 valence electrons. The monoisotopic (exact) mass is 391 g/mol. The quantitative estimate of drug-likeness (QED) is 0.823. The van der Waals surface area contributed by atoms with Gasteiger partial charge in [-0.15, -0.1) is 11.3 Å². The van der Waals surface area contributed by atoms with E-state index in [1.165, 1.54) is 6.92 Å². The van der Waals surface area contributed by atoms with Gasteiger partial charge in [0.15, 0.2) is 0 Å². The van der Waals surface area contributed by atoms with Crippen LogP contribution in [0.2, 0.25) is 5.02 Å². The molecule has 2 aromatic rings. The number of benzene rings is 1. The van der Waals surface area contributed by atoms with Crippen LogP contribution in [-0.4, -0.2) is 36.3 Å². The number of hydrogen-bond donors (Lipinski definition) is 2.